The fourth-order valence-electron chi connectivity index (χ4n) is 3.82. The first kappa shape index (κ1) is 22.7. The molecule has 2 aromatic rings. The summed E-state index contributed by atoms with van der Waals surface area (Å²) in [4.78, 5) is 28.5. The number of benzene rings is 2. The highest BCUT2D eigenvalue weighted by Crippen LogP contribution is 2.28. The lowest BCUT2D eigenvalue weighted by atomic mass is 10.1. The number of ether oxygens (including phenoxy) is 2. The zero-order chi connectivity index (χ0) is 22.5. The molecule has 0 bridgehead atoms. The van der Waals surface area contributed by atoms with Gasteiger partial charge in [0.1, 0.15) is 5.82 Å². The number of carbonyl (C=O) groups excluding carboxylic acids is 2. The summed E-state index contributed by atoms with van der Waals surface area (Å²) in [5.74, 6) is 0.441. The van der Waals surface area contributed by atoms with Crippen LogP contribution in [0.2, 0.25) is 0 Å². The number of Topliss-reactive ketones (excluding diaryl/α,β-unsaturated/α-hetero) is 1. The Morgan fingerprint density at radius 2 is 1.74 bits per heavy atom. The first-order valence-corrected chi connectivity index (χ1v) is 10.4. The lowest BCUT2D eigenvalue weighted by Gasteiger charge is -2.44. The highest BCUT2D eigenvalue weighted by atomic mass is 19.1. The van der Waals surface area contributed by atoms with Gasteiger partial charge in [-0.3, -0.25) is 14.5 Å². The minimum atomic E-state index is -0.242. The van der Waals surface area contributed by atoms with Crippen molar-refractivity contribution >= 4 is 11.7 Å². The van der Waals surface area contributed by atoms with Gasteiger partial charge in [0, 0.05) is 37.3 Å². The maximum Gasteiger partial charge on any atom is 0.260 e. The SMILES string of the molecule is COc1cc(C(C)=O)ccc1OCC(=O)N1CC(C)N(Cc2ccc(F)cc2)CC1C. The molecule has 3 rings (SSSR count). The number of carbonyl (C=O) groups is 2. The van der Waals surface area contributed by atoms with Crippen LogP contribution in [-0.2, 0) is 11.3 Å². The van der Waals surface area contributed by atoms with E-state index in [4.69, 9.17) is 9.47 Å². The van der Waals surface area contributed by atoms with E-state index in [0.29, 0.717) is 30.2 Å². The monoisotopic (exact) mass is 428 g/mol. The summed E-state index contributed by atoms with van der Waals surface area (Å²) < 4.78 is 24.2. The van der Waals surface area contributed by atoms with Crippen molar-refractivity contribution in [1.82, 2.24) is 9.80 Å². The molecular formula is C24H29FN2O4. The van der Waals surface area contributed by atoms with Crippen molar-refractivity contribution in [2.24, 2.45) is 0 Å². The van der Waals surface area contributed by atoms with E-state index < -0.39 is 0 Å². The summed E-state index contributed by atoms with van der Waals surface area (Å²) in [6.45, 7) is 7.50. The van der Waals surface area contributed by atoms with E-state index in [-0.39, 0.29) is 36.2 Å². The first-order chi connectivity index (χ1) is 14.8. The third-order valence-corrected chi connectivity index (χ3v) is 5.66. The summed E-state index contributed by atoms with van der Waals surface area (Å²) in [6.07, 6.45) is 0. The van der Waals surface area contributed by atoms with Crippen LogP contribution in [0, 0.1) is 5.82 Å². The van der Waals surface area contributed by atoms with Crippen LogP contribution >= 0.6 is 0 Å². The number of ketones is 1. The molecule has 2 aromatic carbocycles. The first-order valence-electron chi connectivity index (χ1n) is 10.4. The Morgan fingerprint density at radius 1 is 1.03 bits per heavy atom. The van der Waals surface area contributed by atoms with Gasteiger partial charge in [-0.15, -0.1) is 0 Å². The normalized spacial score (nSPS) is 19.2. The van der Waals surface area contributed by atoms with E-state index >= 15 is 0 Å². The van der Waals surface area contributed by atoms with E-state index in [1.54, 1.807) is 30.3 Å². The van der Waals surface area contributed by atoms with Crippen LogP contribution in [0.5, 0.6) is 11.5 Å². The van der Waals surface area contributed by atoms with Crippen LogP contribution in [0.15, 0.2) is 42.5 Å². The largest absolute Gasteiger partial charge is 0.493 e. The topological polar surface area (TPSA) is 59.1 Å². The van der Waals surface area contributed by atoms with Crippen LogP contribution in [0.1, 0.15) is 36.7 Å². The van der Waals surface area contributed by atoms with Gasteiger partial charge in [0.15, 0.2) is 23.9 Å². The van der Waals surface area contributed by atoms with E-state index in [0.717, 1.165) is 12.1 Å². The third kappa shape index (κ3) is 5.61. The van der Waals surface area contributed by atoms with Gasteiger partial charge in [0.2, 0.25) is 0 Å². The highest BCUT2D eigenvalue weighted by molar-refractivity contribution is 5.94. The predicted octanol–water partition coefficient (Wildman–Crippen LogP) is 3.54. The quantitative estimate of drug-likeness (QED) is 0.632. The van der Waals surface area contributed by atoms with E-state index in [1.807, 2.05) is 11.8 Å². The maximum atomic E-state index is 13.1. The molecule has 1 aliphatic rings. The molecule has 2 atom stereocenters. The number of nitrogens with zero attached hydrogens (tertiary/aromatic N) is 2. The van der Waals surface area contributed by atoms with Gasteiger partial charge in [-0.2, -0.15) is 0 Å². The molecule has 6 nitrogen and oxygen atoms in total. The number of halogens is 1. The second kappa shape index (κ2) is 9.92. The molecule has 31 heavy (non-hydrogen) atoms. The zero-order valence-corrected chi connectivity index (χ0v) is 18.4. The van der Waals surface area contributed by atoms with E-state index in [2.05, 4.69) is 11.8 Å². The van der Waals surface area contributed by atoms with Crippen LogP contribution in [-0.4, -0.2) is 60.4 Å². The molecule has 0 spiro atoms. The molecule has 0 radical (unpaired) electrons. The third-order valence-electron chi connectivity index (χ3n) is 5.66. The van der Waals surface area contributed by atoms with Crippen molar-refractivity contribution in [3.8, 4) is 11.5 Å². The number of piperazine rings is 1. The summed E-state index contributed by atoms with van der Waals surface area (Å²) >= 11 is 0. The minimum absolute atomic E-state index is 0.0229. The van der Waals surface area contributed by atoms with Crippen LogP contribution in [0.4, 0.5) is 4.39 Å². The molecule has 0 saturated carbocycles. The van der Waals surface area contributed by atoms with Crippen molar-refractivity contribution in [1.29, 1.82) is 0 Å². The average molecular weight is 429 g/mol. The Hall–Kier alpha value is -2.93. The summed E-state index contributed by atoms with van der Waals surface area (Å²) in [7, 11) is 1.50. The molecule has 1 saturated heterocycles. The van der Waals surface area contributed by atoms with Crippen molar-refractivity contribution in [2.75, 3.05) is 26.8 Å². The predicted molar refractivity (Wildman–Crippen MR) is 116 cm³/mol. The second-order valence-corrected chi connectivity index (χ2v) is 8.01. The smallest absolute Gasteiger partial charge is 0.260 e. The van der Waals surface area contributed by atoms with Gasteiger partial charge >= 0.3 is 0 Å². The summed E-state index contributed by atoms with van der Waals surface area (Å²) in [6, 6.07) is 11.6. The number of amides is 1. The lowest BCUT2D eigenvalue weighted by Crippen LogP contribution is -2.58. The summed E-state index contributed by atoms with van der Waals surface area (Å²) in [5.41, 5.74) is 1.57. The summed E-state index contributed by atoms with van der Waals surface area (Å²) in [5, 5.41) is 0. The average Bonchev–Trinajstić information content (AvgIpc) is 2.75. The van der Waals surface area contributed by atoms with E-state index in [9.17, 15) is 14.0 Å². The zero-order valence-electron chi connectivity index (χ0n) is 18.4. The molecule has 1 fully saturated rings. The second-order valence-electron chi connectivity index (χ2n) is 8.01. The lowest BCUT2D eigenvalue weighted by molar-refractivity contribution is -0.139. The molecule has 7 heteroatoms. The Labute approximate surface area is 182 Å². The number of rotatable bonds is 7. The van der Waals surface area contributed by atoms with Crippen LogP contribution < -0.4 is 9.47 Å². The molecular weight excluding hydrogens is 399 g/mol. The van der Waals surface area contributed by atoms with Crippen molar-refractivity contribution < 1.29 is 23.5 Å². The van der Waals surface area contributed by atoms with Gasteiger partial charge in [0.25, 0.3) is 5.91 Å². The Kier molecular flexibility index (Phi) is 7.28. The fourth-order valence-corrected chi connectivity index (χ4v) is 3.82. The molecule has 0 N–H and O–H groups in total. The molecule has 1 amide bonds. The molecule has 166 valence electrons. The van der Waals surface area contributed by atoms with Crippen LogP contribution in [0.25, 0.3) is 0 Å². The van der Waals surface area contributed by atoms with Gasteiger partial charge in [-0.05, 0) is 56.7 Å². The molecule has 0 aromatic heterocycles. The fraction of sp³-hybridized carbons (Fsp3) is 0.417. The van der Waals surface area contributed by atoms with Gasteiger partial charge in [-0.25, -0.2) is 4.39 Å². The van der Waals surface area contributed by atoms with Gasteiger partial charge < -0.3 is 14.4 Å². The molecule has 1 aliphatic heterocycles. The minimum Gasteiger partial charge on any atom is -0.493 e. The molecule has 2 unspecified atom stereocenters. The van der Waals surface area contributed by atoms with Crippen molar-refractivity contribution in [2.45, 2.75) is 39.4 Å². The van der Waals surface area contributed by atoms with Crippen molar-refractivity contribution in [3.63, 3.8) is 0 Å². The highest BCUT2D eigenvalue weighted by Gasteiger charge is 2.32. The number of hydrogen-bond acceptors (Lipinski definition) is 5. The standard InChI is InChI=1S/C24H29FN2O4/c1-16-13-27(17(2)12-26(16)14-19-5-8-21(25)9-6-19)24(29)15-31-22-10-7-20(18(3)28)11-23(22)30-4/h5-11,16-17H,12-15H2,1-4H3. The Morgan fingerprint density at radius 3 is 2.39 bits per heavy atom. The maximum absolute atomic E-state index is 13.1. The van der Waals surface area contributed by atoms with Crippen LogP contribution in [0.3, 0.4) is 0 Å². The number of methoxy groups -OCH3 is 1. The number of hydrogen-bond donors (Lipinski definition) is 0. The van der Waals surface area contributed by atoms with E-state index in [1.165, 1.54) is 26.2 Å². The van der Waals surface area contributed by atoms with Crippen molar-refractivity contribution in [3.05, 3.63) is 59.4 Å². The molecule has 0 aliphatic carbocycles. The Balaban J connectivity index is 1.59. The molecule has 1 heterocycles. The van der Waals surface area contributed by atoms with Gasteiger partial charge in [-0.1, -0.05) is 12.1 Å². The van der Waals surface area contributed by atoms with Gasteiger partial charge in [0.05, 0.1) is 7.11 Å². The Bertz CT molecular complexity index is 932.